The monoisotopic (exact) mass is 510 g/mol. The van der Waals surface area contributed by atoms with Gasteiger partial charge in [-0.1, -0.05) is 16.7 Å². The average Bonchev–Trinajstić information content (AvgIpc) is 3.29. The topological polar surface area (TPSA) is 129 Å². The normalized spacial score (nSPS) is 10.6. The largest absolute Gasteiger partial charge is 0.494 e. The molecule has 0 aliphatic heterocycles. The van der Waals surface area contributed by atoms with E-state index < -0.39 is 5.91 Å². The van der Waals surface area contributed by atoms with Gasteiger partial charge in [-0.2, -0.15) is 0 Å². The molecule has 1 amide bonds. The van der Waals surface area contributed by atoms with E-state index in [1.807, 2.05) is 0 Å². The summed E-state index contributed by atoms with van der Waals surface area (Å²) >= 11 is 7.13. The van der Waals surface area contributed by atoms with E-state index in [1.165, 1.54) is 26.4 Å². The summed E-state index contributed by atoms with van der Waals surface area (Å²) < 4.78 is 11.1. The second-order valence-electron chi connectivity index (χ2n) is 7.24. The van der Waals surface area contributed by atoms with Crippen LogP contribution in [-0.2, 0) is 6.61 Å². The van der Waals surface area contributed by atoms with E-state index in [2.05, 4.69) is 30.5 Å². The number of aromatic nitrogens is 5. The summed E-state index contributed by atoms with van der Waals surface area (Å²) in [7, 11) is 1.51. The Morgan fingerprint density at radius 1 is 1.11 bits per heavy atom. The van der Waals surface area contributed by atoms with E-state index in [-0.39, 0.29) is 33.4 Å². The second kappa shape index (κ2) is 10.5. The summed E-state index contributed by atoms with van der Waals surface area (Å²) in [4.78, 5) is 37.0. The van der Waals surface area contributed by atoms with E-state index >= 15 is 0 Å². The molecule has 0 bridgehead atoms. The number of amides is 1. The summed E-state index contributed by atoms with van der Waals surface area (Å²) in [5, 5.41) is 11.4. The molecule has 0 atom stereocenters. The molecular weight excluding hydrogens is 492 g/mol. The smallest absolute Gasteiger partial charge is 0.296 e. The number of ketones is 1. The molecule has 4 rings (SSSR count). The zero-order valence-corrected chi connectivity index (χ0v) is 20.5. The molecule has 0 aromatic carbocycles. The first-order valence-electron chi connectivity index (χ1n) is 10.2. The van der Waals surface area contributed by atoms with Gasteiger partial charge in [0.15, 0.2) is 5.78 Å². The van der Waals surface area contributed by atoms with Gasteiger partial charge in [0.2, 0.25) is 5.13 Å². The number of nitrogens with zero attached hydrogens (tertiary/aromatic N) is 5. The van der Waals surface area contributed by atoms with Crippen molar-refractivity contribution in [2.24, 2.45) is 0 Å². The number of carbonyl (C=O) groups is 2. The molecule has 0 saturated heterocycles. The molecular formula is C23H19ClN6O4S. The quantitative estimate of drug-likeness (QED) is 0.271. The van der Waals surface area contributed by atoms with Crippen molar-refractivity contribution in [3.05, 3.63) is 70.5 Å². The van der Waals surface area contributed by atoms with Gasteiger partial charge in [0, 0.05) is 29.7 Å². The van der Waals surface area contributed by atoms with E-state index in [0.717, 1.165) is 11.3 Å². The maximum Gasteiger partial charge on any atom is 0.296 e. The second-order valence-corrected chi connectivity index (χ2v) is 8.57. The predicted molar refractivity (Wildman–Crippen MR) is 130 cm³/mol. The van der Waals surface area contributed by atoms with Gasteiger partial charge in [-0.05, 0) is 55.0 Å². The molecule has 0 unspecified atom stereocenters. The van der Waals surface area contributed by atoms with Crippen molar-refractivity contribution in [1.29, 1.82) is 0 Å². The molecule has 4 heterocycles. The summed E-state index contributed by atoms with van der Waals surface area (Å²) in [6, 6.07) is 6.75. The third-order valence-corrected chi connectivity index (χ3v) is 5.84. The van der Waals surface area contributed by atoms with Gasteiger partial charge >= 0.3 is 0 Å². The lowest BCUT2D eigenvalue weighted by molar-refractivity contribution is 0.101. The molecule has 0 saturated carbocycles. The van der Waals surface area contributed by atoms with Crippen LogP contribution in [0.5, 0.6) is 10.9 Å². The molecule has 10 nitrogen and oxygen atoms in total. The van der Waals surface area contributed by atoms with Gasteiger partial charge in [-0.15, -0.1) is 5.10 Å². The van der Waals surface area contributed by atoms with Crippen molar-refractivity contribution >= 4 is 39.8 Å². The van der Waals surface area contributed by atoms with E-state index in [4.69, 9.17) is 21.1 Å². The molecule has 0 aliphatic carbocycles. The molecule has 35 heavy (non-hydrogen) atoms. The fourth-order valence-corrected chi connectivity index (χ4v) is 3.96. The fourth-order valence-electron chi connectivity index (χ4n) is 3.19. The number of ether oxygens (including phenoxy) is 2. The van der Waals surface area contributed by atoms with Crippen LogP contribution in [0.2, 0.25) is 5.15 Å². The van der Waals surface area contributed by atoms with Crippen molar-refractivity contribution in [3.8, 4) is 22.1 Å². The average molecular weight is 511 g/mol. The third kappa shape index (κ3) is 5.58. The number of Topliss-reactive ketones (excluding diaryl/α,β-unsaturated/α-hetero) is 1. The van der Waals surface area contributed by atoms with Crippen molar-refractivity contribution in [3.63, 3.8) is 0 Å². The standard InChI is InChI=1S/C23H19ClN6O4S/c1-12-20(33-3)19(14-6-7-25-18(24)8-14)17(10-26-12)21(32)28-22-29-30-23(35-22)34-11-16-5-4-15(9-27-16)13(2)31/h4-10H,11H2,1-3H3,(H,28,29,32). The number of hydrogen-bond donors (Lipinski definition) is 1. The van der Waals surface area contributed by atoms with Crippen LogP contribution < -0.4 is 14.8 Å². The Kier molecular flexibility index (Phi) is 7.28. The van der Waals surface area contributed by atoms with Gasteiger partial charge in [0.05, 0.1) is 24.1 Å². The van der Waals surface area contributed by atoms with Crippen molar-refractivity contribution in [1.82, 2.24) is 25.1 Å². The lowest BCUT2D eigenvalue weighted by atomic mass is 9.99. The molecule has 4 aromatic heterocycles. The number of anilines is 1. The lowest BCUT2D eigenvalue weighted by Crippen LogP contribution is -2.14. The van der Waals surface area contributed by atoms with Gasteiger partial charge in [-0.25, -0.2) is 4.98 Å². The Balaban J connectivity index is 1.51. The number of nitrogens with one attached hydrogen (secondary N) is 1. The number of carbonyl (C=O) groups excluding carboxylic acids is 2. The molecule has 0 fully saturated rings. The number of aryl methyl sites for hydroxylation is 1. The Hall–Kier alpha value is -3.96. The molecule has 178 valence electrons. The van der Waals surface area contributed by atoms with Crippen LogP contribution in [0.1, 0.15) is 39.0 Å². The number of rotatable bonds is 8. The minimum absolute atomic E-state index is 0.0638. The molecule has 1 N–H and O–H groups in total. The minimum Gasteiger partial charge on any atom is -0.494 e. The summed E-state index contributed by atoms with van der Waals surface area (Å²) in [6.45, 7) is 3.39. The first-order valence-corrected chi connectivity index (χ1v) is 11.4. The number of pyridine rings is 3. The summed E-state index contributed by atoms with van der Waals surface area (Å²) in [5.74, 6) is -0.0709. The first-order chi connectivity index (χ1) is 16.9. The van der Waals surface area contributed by atoms with Crippen LogP contribution in [0.3, 0.4) is 0 Å². The van der Waals surface area contributed by atoms with Gasteiger partial charge in [0.25, 0.3) is 11.1 Å². The Morgan fingerprint density at radius 2 is 1.94 bits per heavy atom. The van der Waals surface area contributed by atoms with Gasteiger partial charge < -0.3 is 9.47 Å². The first kappa shape index (κ1) is 24.2. The molecule has 12 heteroatoms. The minimum atomic E-state index is -0.456. The van der Waals surface area contributed by atoms with Crippen molar-refractivity contribution < 1.29 is 19.1 Å². The summed E-state index contributed by atoms with van der Waals surface area (Å²) in [5.41, 5.74) is 3.20. The molecule has 0 aliphatic rings. The van der Waals surface area contributed by atoms with Crippen LogP contribution in [-0.4, -0.2) is 43.9 Å². The summed E-state index contributed by atoms with van der Waals surface area (Å²) in [6.07, 6.45) is 4.50. The molecule has 4 aromatic rings. The van der Waals surface area contributed by atoms with E-state index in [1.54, 1.807) is 37.4 Å². The Morgan fingerprint density at radius 3 is 2.63 bits per heavy atom. The predicted octanol–water partition coefficient (Wildman–Crippen LogP) is 4.39. The zero-order valence-electron chi connectivity index (χ0n) is 18.9. The maximum absolute atomic E-state index is 13.2. The Labute approximate surface area is 209 Å². The number of methoxy groups -OCH3 is 1. The highest BCUT2D eigenvalue weighted by molar-refractivity contribution is 7.17. The maximum atomic E-state index is 13.2. The third-order valence-electron chi connectivity index (χ3n) is 4.88. The van der Waals surface area contributed by atoms with E-state index in [0.29, 0.717) is 33.8 Å². The SMILES string of the molecule is COc1c(C)ncc(C(=O)Nc2nnc(OCc3ccc(C(C)=O)cn3)s2)c1-c1ccnc(Cl)c1. The van der Waals surface area contributed by atoms with Gasteiger partial charge in [-0.3, -0.25) is 24.9 Å². The number of hydrogen-bond acceptors (Lipinski definition) is 10. The zero-order chi connectivity index (χ0) is 24.9. The van der Waals surface area contributed by atoms with Crippen LogP contribution >= 0.6 is 22.9 Å². The number of halogens is 1. The lowest BCUT2D eigenvalue weighted by Gasteiger charge is -2.15. The van der Waals surface area contributed by atoms with Crippen LogP contribution in [0.15, 0.2) is 42.9 Å². The molecule has 0 spiro atoms. The van der Waals surface area contributed by atoms with Crippen molar-refractivity contribution in [2.45, 2.75) is 20.5 Å². The highest BCUT2D eigenvalue weighted by Crippen LogP contribution is 2.36. The van der Waals surface area contributed by atoms with Crippen LogP contribution in [0.25, 0.3) is 11.1 Å². The Bertz CT molecular complexity index is 1390. The highest BCUT2D eigenvalue weighted by atomic mass is 35.5. The van der Waals surface area contributed by atoms with E-state index in [9.17, 15) is 9.59 Å². The molecule has 0 radical (unpaired) electrons. The van der Waals surface area contributed by atoms with Crippen LogP contribution in [0.4, 0.5) is 5.13 Å². The van der Waals surface area contributed by atoms with Gasteiger partial charge in [0.1, 0.15) is 17.5 Å². The van der Waals surface area contributed by atoms with Crippen LogP contribution in [0, 0.1) is 6.92 Å². The fraction of sp³-hybridized carbons (Fsp3) is 0.174. The highest BCUT2D eigenvalue weighted by Gasteiger charge is 2.22. The van der Waals surface area contributed by atoms with Crippen molar-refractivity contribution in [2.75, 3.05) is 12.4 Å².